The van der Waals surface area contributed by atoms with Gasteiger partial charge in [-0.3, -0.25) is 9.59 Å². The largest absolute Gasteiger partial charge is 0.452 e. The number of rotatable bonds is 5. The number of aromatic nitrogens is 1. The summed E-state index contributed by atoms with van der Waals surface area (Å²) < 4.78 is 42.5. The second kappa shape index (κ2) is 7.64. The highest BCUT2D eigenvalue weighted by Crippen LogP contribution is 2.29. The van der Waals surface area contributed by atoms with Crippen LogP contribution >= 0.6 is 11.3 Å². The third-order valence-corrected chi connectivity index (χ3v) is 3.97. The Labute approximate surface area is 145 Å². The molecule has 2 rings (SSSR count). The van der Waals surface area contributed by atoms with E-state index in [1.54, 1.807) is 12.3 Å². The molecule has 1 aromatic carbocycles. The summed E-state index contributed by atoms with van der Waals surface area (Å²) in [5, 5.41) is 4.94. The number of halogens is 3. The Morgan fingerprint density at radius 2 is 1.92 bits per heavy atom. The van der Waals surface area contributed by atoms with Crippen LogP contribution in [0.2, 0.25) is 0 Å². The minimum Gasteiger partial charge on any atom is -0.452 e. The zero-order chi connectivity index (χ0) is 18.6. The quantitative estimate of drug-likeness (QED) is 0.815. The molecule has 0 saturated carbocycles. The average molecular weight is 372 g/mol. The van der Waals surface area contributed by atoms with Crippen LogP contribution in [0.25, 0.3) is 0 Å². The van der Waals surface area contributed by atoms with Crippen molar-refractivity contribution < 1.29 is 27.5 Å². The van der Waals surface area contributed by atoms with Gasteiger partial charge in [-0.1, -0.05) is 0 Å². The third kappa shape index (κ3) is 5.56. The smallest absolute Gasteiger partial charge is 0.416 e. The Hall–Kier alpha value is -2.42. The molecule has 1 amide bonds. The standard InChI is InChI=1S/C16H15F3N2O3S/c1-9(24-14(22)7-13-8-25-10(2)20-13)15(23)21-12-5-3-11(4-6-12)16(17,18)19/h3-6,8-9H,7H2,1-2H3,(H,21,23)/t9-/m1/s1. The van der Waals surface area contributed by atoms with Crippen molar-refractivity contribution in [3.8, 4) is 0 Å². The van der Waals surface area contributed by atoms with Gasteiger partial charge in [0.05, 0.1) is 22.7 Å². The minimum absolute atomic E-state index is 0.0533. The van der Waals surface area contributed by atoms with E-state index in [4.69, 9.17) is 4.74 Å². The van der Waals surface area contributed by atoms with E-state index in [1.165, 1.54) is 18.3 Å². The van der Waals surface area contributed by atoms with E-state index in [0.29, 0.717) is 5.69 Å². The van der Waals surface area contributed by atoms with Crippen LogP contribution in [0.4, 0.5) is 18.9 Å². The molecular weight excluding hydrogens is 357 g/mol. The van der Waals surface area contributed by atoms with Gasteiger partial charge in [-0.05, 0) is 38.1 Å². The first-order chi connectivity index (χ1) is 11.6. The van der Waals surface area contributed by atoms with Gasteiger partial charge in [0.15, 0.2) is 6.10 Å². The molecule has 0 fully saturated rings. The molecule has 0 saturated heterocycles. The fraction of sp³-hybridized carbons (Fsp3) is 0.312. The molecule has 25 heavy (non-hydrogen) atoms. The maximum atomic E-state index is 12.5. The van der Waals surface area contributed by atoms with Gasteiger partial charge in [0, 0.05) is 11.1 Å². The number of anilines is 1. The molecule has 5 nitrogen and oxygen atoms in total. The van der Waals surface area contributed by atoms with Gasteiger partial charge < -0.3 is 10.1 Å². The van der Waals surface area contributed by atoms with Crippen molar-refractivity contribution in [2.45, 2.75) is 32.5 Å². The number of thiazole rings is 1. The fourth-order valence-electron chi connectivity index (χ4n) is 1.92. The molecule has 0 spiro atoms. The number of ether oxygens (including phenoxy) is 1. The van der Waals surface area contributed by atoms with Crippen molar-refractivity contribution >= 4 is 28.9 Å². The molecule has 134 valence electrons. The summed E-state index contributed by atoms with van der Waals surface area (Å²) in [7, 11) is 0. The van der Waals surface area contributed by atoms with Crippen LogP contribution in [0.5, 0.6) is 0 Å². The molecular formula is C16H15F3N2O3S. The monoisotopic (exact) mass is 372 g/mol. The van der Waals surface area contributed by atoms with Gasteiger partial charge in [-0.25, -0.2) is 4.98 Å². The lowest BCUT2D eigenvalue weighted by Crippen LogP contribution is -2.30. The Balaban J connectivity index is 1.88. The minimum atomic E-state index is -4.45. The van der Waals surface area contributed by atoms with Gasteiger partial charge >= 0.3 is 12.1 Å². The van der Waals surface area contributed by atoms with Crippen LogP contribution in [0.1, 0.15) is 23.2 Å². The van der Waals surface area contributed by atoms with E-state index in [0.717, 1.165) is 29.3 Å². The van der Waals surface area contributed by atoms with Crippen molar-refractivity contribution in [2.75, 3.05) is 5.32 Å². The summed E-state index contributed by atoms with van der Waals surface area (Å²) in [4.78, 5) is 27.9. The molecule has 0 aliphatic rings. The van der Waals surface area contributed by atoms with E-state index < -0.39 is 29.7 Å². The van der Waals surface area contributed by atoms with E-state index in [9.17, 15) is 22.8 Å². The molecule has 2 aromatic rings. The highest BCUT2D eigenvalue weighted by molar-refractivity contribution is 7.09. The molecule has 9 heteroatoms. The molecule has 0 aliphatic carbocycles. The molecule has 0 radical (unpaired) electrons. The number of nitrogens with zero attached hydrogens (tertiary/aromatic N) is 1. The maximum absolute atomic E-state index is 12.5. The van der Waals surface area contributed by atoms with Gasteiger partial charge in [0.25, 0.3) is 5.91 Å². The summed E-state index contributed by atoms with van der Waals surface area (Å²) in [5.41, 5.74) is -0.0811. The summed E-state index contributed by atoms with van der Waals surface area (Å²) in [5.74, 6) is -1.25. The number of carbonyl (C=O) groups excluding carboxylic acids is 2. The van der Waals surface area contributed by atoms with Crippen molar-refractivity contribution in [3.63, 3.8) is 0 Å². The van der Waals surface area contributed by atoms with E-state index >= 15 is 0 Å². The number of esters is 1. The molecule has 0 unspecified atom stereocenters. The third-order valence-electron chi connectivity index (χ3n) is 3.15. The lowest BCUT2D eigenvalue weighted by molar-refractivity contribution is -0.152. The number of hydrogen-bond acceptors (Lipinski definition) is 5. The number of carbonyl (C=O) groups is 2. The zero-order valence-corrected chi connectivity index (χ0v) is 14.2. The van der Waals surface area contributed by atoms with E-state index in [1.807, 2.05) is 0 Å². The Bertz CT molecular complexity index is 757. The van der Waals surface area contributed by atoms with Crippen LogP contribution in [0.15, 0.2) is 29.6 Å². The highest BCUT2D eigenvalue weighted by Gasteiger charge is 2.30. The summed E-state index contributed by atoms with van der Waals surface area (Å²) in [6, 6.07) is 3.98. The van der Waals surface area contributed by atoms with Crippen LogP contribution in [0.3, 0.4) is 0 Å². The predicted molar refractivity (Wildman–Crippen MR) is 86.2 cm³/mol. The normalized spacial score (nSPS) is 12.5. The van der Waals surface area contributed by atoms with Crippen molar-refractivity contribution in [1.29, 1.82) is 0 Å². The molecule has 0 aliphatic heterocycles. The number of aryl methyl sites for hydroxylation is 1. The fourth-order valence-corrected chi connectivity index (χ4v) is 2.53. The van der Waals surface area contributed by atoms with Crippen molar-refractivity contribution in [1.82, 2.24) is 4.98 Å². The molecule has 1 heterocycles. The number of hydrogen-bond donors (Lipinski definition) is 1. The molecule has 1 aromatic heterocycles. The molecule has 1 N–H and O–H groups in total. The van der Waals surface area contributed by atoms with Crippen LogP contribution in [-0.4, -0.2) is 23.0 Å². The molecule has 1 atom stereocenters. The number of alkyl halides is 3. The van der Waals surface area contributed by atoms with Crippen LogP contribution in [0, 0.1) is 6.92 Å². The van der Waals surface area contributed by atoms with Gasteiger partial charge in [-0.2, -0.15) is 13.2 Å². The average Bonchev–Trinajstić information content (AvgIpc) is 2.91. The predicted octanol–water partition coefficient (Wildman–Crippen LogP) is 3.58. The van der Waals surface area contributed by atoms with Gasteiger partial charge in [0.1, 0.15) is 0 Å². The summed E-state index contributed by atoms with van der Waals surface area (Å²) in [6.07, 6.45) is -5.59. The van der Waals surface area contributed by atoms with E-state index in [2.05, 4.69) is 10.3 Å². The number of benzene rings is 1. The number of nitrogens with one attached hydrogen (secondary N) is 1. The summed E-state index contributed by atoms with van der Waals surface area (Å²) >= 11 is 1.40. The van der Waals surface area contributed by atoms with Crippen molar-refractivity contribution in [3.05, 3.63) is 45.9 Å². The molecule has 0 bridgehead atoms. The van der Waals surface area contributed by atoms with Crippen LogP contribution < -0.4 is 5.32 Å². The zero-order valence-electron chi connectivity index (χ0n) is 13.4. The van der Waals surface area contributed by atoms with E-state index in [-0.39, 0.29) is 12.1 Å². The van der Waals surface area contributed by atoms with Crippen molar-refractivity contribution in [2.24, 2.45) is 0 Å². The number of amides is 1. The van der Waals surface area contributed by atoms with Gasteiger partial charge in [-0.15, -0.1) is 11.3 Å². The van der Waals surface area contributed by atoms with Crippen LogP contribution in [-0.2, 0) is 26.9 Å². The lowest BCUT2D eigenvalue weighted by Gasteiger charge is -2.14. The summed E-state index contributed by atoms with van der Waals surface area (Å²) in [6.45, 7) is 3.18. The first-order valence-corrected chi connectivity index (χ1v) is 8.11. The highest BCUT2D eigenvalue weighted by atomic mass is 32.1. The second-order valence-corrected chi connectivity index (χ2v) is 6.29. The Kier molecular flexibility index (Phi) is 5.78. The topological polar surface area (TPSA) is 68.3 Å². The SMILES string of the molecule is Cc1nc(CC(=O)O[C@H](C)C(=O)Nc2ccc(C(F)(F)F)cc2)cs1. The maximum Gasteiger partial charge on any atom is 0.416 e. The Morgan fingerprint density at radius 3 is 2.44 bits per heavy atom. The van der Waals surface area contributed by atoms with Gasteiger partial charge in [0.2, 0.25) is 0 Å². The lowest BCUT2D eigenvalue weighted by atomic mass is 10.2. The first-order valence-electron chi connectivity index (χ1n) is 7.24. The Morgan fingerprint density at radius 1 is 1.28 bits per heavy atom. The second-order valence-electron chi connectivity index (χ2n) is 5.23. The first kappa shape index (κ1) is 18.9.